The second-order valence-corrected chi connectivity index (χ2v) is 7.57. The molecule has 1 fully saturated rings. The van der Waals surface area contributed by atoms with E-state index in [9.17, 15) is 13.5 Å². The summed E-state index contributed by atoms with van der Waals surface area (Å²) in [6, 6.07) is 4.48. The third kappa shape index (κ3) is 3.22. The van der Waals surface area contributed by atoms with Crippen LogP contribution in [0.25, 0.3) is 0 Å². The van der Waals surface area contributed by atoms with Gasteiger partial charge in [0.15, 0.2) is 0 Å². The summed E-state index contributed by atoms with van der Waals surface area (Å²) in [6.07, 6.45) is 2.67. The smallest absolute Gasteiger partial charge is 0.243 e. The Balaban J connectivity index is 2.30. The minimum atomic E-state index is -3.60. The van der Waals surface area contributed by atoms with Gasteiger partial charge in [-0.05, 0) is 43.5 Å². The number of hydrogen-bond acceptors (Lipinski definition) is 4. The molecule has 1 aromatic carbocycles. The zero-order valence-corrected chi connectivity index (χ0v) is 13.6. The van der Waals surface area contributed by atoms with Crippen LogP contribution >= 0.6 is 0 Å². The average Bonchev–Trinajstić information content (AvgIpc) is 2.47. The summed E-state index contributed by atoms with van der Waals surface area (Å²) >= 11 is 0. The van der Waals surface area contributed by atoms with Crippen LogP contribution in [-0.4, -0.2) is 44.1 Å². The highest BCUT2D eigenvalue weighted by Crippen LogP contribution is 2.28. The summed E-state index contributed by atoms with van der Waals surface area (Å²) < 4.78 is 31.9. The van der Waals surface area contributed by atoms with Crippen LogP contribution in [0.15, 0.2) is 23.1 Å². The lowest BCUT2D eigenvalue weighted by Crippen LogP contribution is -2.46. The van der Waals surface area contributed by atoms with Crippen LogP contribution in [0, 0.1) is 6.92 Å². The molecule has 118 valence electrons. The molecule has 0 bridgehead atoms. The van der Waals surface area contributed by atoms with Gasteiger partial charge in [-0.25, -0.2) is 8.42 Å². The third-order valence-corrected chi connectivity index (χ3v) is 6.08. The highest BCUT2D eigenvalue weighted by molar-refractivity contribution is 7.89. The molecular weight excluding hydrogens is 290 g/mol. The van der Waals surface area contributed by atoms with E-state index in [0.29, 0.717) is 18.6 Å². The Kier molecular flexibility index (Phi) is 4.91. The van der Waals surface area contributed by atoms with E-state index < -0.39 is 16.1 Å². The quantitative estimate of drug-likeness (QED) is 0.922. The molecule has 0 heterocycles. The van der Waals surface area contributed by atoms with Crippen molar-refractivity contribution in [3.05, 3.63) is 23.8 Å². The average molecular weight is 313 g/mol. The Hall–Kier alpha value is -1.11. The van der Waals surface area contributed by atoms with Crippen molar-refractivity contribution in [1.29, 1.82) is 0 Å². The van der Waals surface area contributed by atoms with Gasteiger partial charge in [-0.15, -0.1) is 0 Å². The van der Waals surface area contributed by atoms with Gasteiger partial charge in [0.2, 0.25) is 10.0 Å². The number of nitrogens with zero attached hydrogens (tertiary/aromatic N) is 1. The molecule has 0 aromatic heterocycles. The number of aliphatic hydroxyl groups excluding tert-OH is 1. The predicted octanol–water partition coefficient (Wildman–Crippen LogP) is 1.93. The van der Waals surface area contributed by atoms with E-state index in [4.69, 9.17) is 4.74 Å². The zero-order chi connectivity index (χ0) is 15.6. The van der Waals surface area contributed by atoms with Crippen LogP contribution in [0.1, 0.15) is 31.2 Å². The fourth-order valence-electron chi connectivity index (χ4n) is 2.87. The molecule has 0 saturated heterocycles. The fourth-order valence-corrected chi connectivity index (χ4v) is 4.37. The Morgan fingerprint density at radius 1 is 1.29 bits per heavy atom. The van der Waals surface area contributed by atoms with Gasteiger partial charge in [0, 0.05) is 7.05 Å². The molecule has 21 heavy (non-hydrogen) atoms. The van der Waals surface area contributed by atoms with Crippen LogP contribution in [0.2, 0.25) is 0 Å². The van der Waals surface area contributed by atoms with Crippen molar-refractivity contribution in [3.63, 3.8) is 0 Å². The van der Waals surface area contributed by atoms with Crippen LogP contribution in [0.3, 0.4) is 0 Å². The molecular formula is C15H23NO4S. The first kappa shape index (κ1) is 16.3. The third-order valence-electron chi connectivity index (χ3n) is 4.20. The Morgan fingerprint density at radius 2 is 1.95 bits per heavy atom. The van der Waals surface area contributed by atoms with E-state index in [1.807, 2.05) is 6.92 Å². The Bertz CT molecular complexity index is 600. The lowest BCUT2D eigenvalue weighted by atomic mass is 9.93. The summed E-state index contributed by atoms with van der Waals surface area (Å²) in [5.74, 6) is 0.661. The number of aryl methyl sites for hydroxylation is 1. The predicted molar refractivity (Wildman–Crippen MR) is 80.9 cm³/mol. The molecule has 0 unspecified atom stereocenters. The number of benzene rings is 1. The van der Waals surface area contributed by atoms with E-state index >= 15 is 0 Å². The van der Waals surface area contributed by atoms with Crippen molar-refractivity contribution in [2.45, 2.75) is 49.6 Å². The standard InChI is InChI=1S/C15H23NO4S/c1-11-10-12(8-9-15(11)20-3)21(18,19)16(2)13-6-4-5-7-14(13)17/h8-10,13-14,17H,4-7H2,1-3H3/t13-,14-/m1/s1. The van der Waals surface area contributed by atoms with Crippen molar-refractivity contribution < 1.29 is 18.3 Å². The van der Waals surface area contributed by atoms with Crippen molar-refractivity contribution in [2.75, 3.05) is 14.2 Å². The maximum Gasteiger partial charge on any atom is 0.243 e. The van der Waals surface area contributed by atoms with Crippen LogP contribution in [-0.2, 0) is 10.0 Å². The summed E-state index contributed by atoms with van der Waals surface area (Å²) in [5, 5.41) is 10.1. The molecule has 6 heteroatoms. The van der Waals surface area contributed by atoms with E-state index in [1.165, 1.54) is 4.31 Å². The summed E-state index contributed by atoms with van der Waals surface area (Å²) in [6.45, 7) is 1.81. The maximum absolute atomic E-state index is 12.7. The van der Waals surface area contributed by atoms with Crippen LogP contribution < -0.4 is 4.74 Å². The molecule has 1 aliphatic rings. The van der Waals surface area contributed by atoms with E-state index in [0.717, 1.165) is 18.4 Å². The molecule has 1 N–H and O–H groups in total. The molecule has 1 aromatic rings. The minimum absolute atomic E-state index is 0.237. The SMILES string of the molecule is COc1ccc(S(=O)(=O)N(C)[C@@H]2CCCC[C@H]2O)cc1C. The second kappa shape index (κ2) is 6.34. The first-order valence-corrected chi connectivity index (χ1v) is 8.62. The molecule has 0 aliphatic heterocycles. The lowest BCUT2D eigenvalue weighted by Gasteiger charge is -2.34. The lowest BCUT2D eigenvalue weighted by molar-refractivity contribution is 0.0638. The largest absolute Gasteiger partial charge is 0.496 e. The van der Waals surface area contributed by atoms with Gasteiger partial charge in [0.1, 0.15) is 5.75 Å². The van der Waals surface area contributed by atoms with Crippen molar-refractivity contribution in [3.8, 4) is 5.75 Å². The second-order valence-electron chi connectivity index (χ2n) is 5.57. The Morgan fingerprint density at radius 3 is 2.52 bits per heavy atom. The number of aliphatic hydroxyl groups is 1. The van der Waals surface area contributed by atoms with E-state index in [-0.39, 0.29) is 10.9 Å². The van der Waals surface area contributed by atoms with Gasteiger partial charge in [0.05, 0.1) is 24.2 Å². The number of hydrogen-bond donors (Lipinski definition) is 1. The van der Waals surface area contributed by atoms with Gasteiger partial charge in [0.25, 0.3) is 0 Å². The number of sulfonamides is 1. The van der Waals surface area contributed by atoms with Crippen molar-refractivity contribution in [1.82, 2.24) is 4.31 Å². The van der Waals surface area contributed by atoms with E-state index in [1.54, 1.807) is 32.4 Å². The maximum atomic E-state index is 12.7. The number of methoxy groups -OCH3 is 1. The van der Waals surface area contributed by atoms with Gasteiger partial charge in [-0.2, -0.15) is 4.31 Å². The van der Waals surface area contributed by atoms with Crippen molar-refractivity contribution in [2.24, 2.45) is 0 Å². The summed E-state index contributed by atoms with van der Waals surface area (Å²) in [4.78, 5) is 0.237. The molecule has 1 saturated carbocycles. The monoisotopic (exact) mass is 313 g/mol. The topological polar surface area (TPSA) is 66.8 Å². The highest BCUT2D eigenvalue weighted by Gasteiger charge is 2.34. The molecule has 1 aliphatic carbocycles. The van der Waals surface area contributed by atoms with Gasteiger partial charge < -0.3 is 9.84 Å². The normalized spacial score (nSPS) is 23.3. The van der Waals surface area contributed by atoms with Gasteiger partial charge in [-0.1, -0.05) is 12.8 Å². The Labute approximate surface area is 126 Å². The fraction of sp³-hybridized carbons (Fsp3) is 0.600. The first-order chi connectivity index (χ1) is 9.87. The molecule has 0 spiro atoms. The first-order valence-electron chi connectivity index (χ1n) is 7.18. The summed E-state index contributed by atoms with van der Waals surface area (Å²) in [5.41, 5.74) is 0.774. The van der Waals surface area contributed by atoms with Crippen LogP contribution in [0.5, 0.6) is 5.75 Å². The zero-order valence-electron chi connectivity index (χ0n) is 12.7. The molecule has 0 amide bonds. The van der Waals surface area contributed by atoms with Gasteiger partial charge >= 0.3 is 0 Å². The number of ether oxygens (including phenoxy) is 1. The molecule has 2 atom stereocenters. The van der Waals surface area contributed by atoms with Crippen LogP contribution in [0.4, 0.5) is 0 Å². The molecule has 0 radical (unpaired) electrons. The molecule has 2 rings (SSSR count). The minimum Gasteiger partial charge on any atom is -0.496 e. The number of likely N-dealkylation sites (N-methyl/N-ethyl adjacent to an activating group) is 1. The van der Waals surface area contributed by atoms with Crippen molar-refractivity contribution >= 4 is 10.0 Å². The van der Waals surface area contributed by atoms with E-state index in [2.05, 4.69) is 0 Å². The van der Waals surface area contributed by atoms with Gasteiger partial charge in [-0.3, -0.25) is 0 Å². The molecule has 5 nitrogen and oxygen atoms in total. The summed E-state index contributed by atoms with van der Waals surface area (Å²) in [7, 11) is -0.495. The number of rotatable bonds is 4. The highest BCUT2D eigenvalue weighted by atomic mass is 32.2.